The number of esters is 1. The van der Waals surface area contributed by atoms with E-state index in [0.717, 1.165) is 17.5 Å². The van der Waals surface area contributed by atoms with Crippen LogP contribution in [0.3, 0.4) is 0 Å². The van der Waals surface area contributed by atoms with Gasteiger partial charge in [-0.15, -0.1) is 0 Å². The molecule has 2 saturated carbocycles. The molecule has 2 aromatic carbocycles. The lowest BCUT2D eigenvalue weighted by Gasteiger charge is -2.24. The van der Waals surface area contributed by atoms with Crippen molar-refractivity contribution in [1.29, 1.82) is 0 Å². The number of guanidine groups is 1. The third kappa shape index (κ3) is 7.58. The van der Waals surface area contributed by atoms with Crippen LogP contribution in [0.5, 0.6) is 0 Å². The van der Waals surface area contributed by atoms with Gasteiger partial charge in [-0.3, -0.25) is 20.2 Å². The number of carbonyl (C=O) groups excluding carboxylic acids is 4. The first kappa shape index (κ1) is 28.6. The molecule has 11 heteroatoms. The first-order valence-corrected chi connectivity index (χ1v) is 13.2. The van der Waals surface area contributed by atoms with Crippen LogP contribution in [0.2, 0.25) is 0 Å². The second-order valence-corrected chi connectivity index (χ2v) is 9.91. The van der Waals surface area contributed by atoms with Gasteiger partial charge in [0, 0.05) is 18.9 Å². The standard InChI is InChI=1S/C29H34N4O7/c1-18(34)30-23-14-13-21-22(26(35)38-2)15-24(25(21)23)31-27(32-28(36)39-16-19-9-5-3-6-10-19)33-29(37)40-17-20-11-7-4-8-12-20/h3-12,21-25H,13-17H2,1-2H3,(H,30,34)(H2,31,32,33,36,37)/t21-,22+,23+,24-,25+/m1/s1. The van der Waals surface area contributed by atoms with Crippen LogP contribution < -0.4 is 16.0 Å². The van der Waals surface area contributed by atoms with E-state index in [2.05, 4.69) is 20.9 Å². The van der Waals surface area contributed by atoms with Gasteiger partial charge in [-0.25, -0.2) is 14.6 Å². The topological polar surface area (TPSA) is 144 Å². The van der Waals surface area contributed by atoms with E-state index in [-0.39, 0.29) is 48.9 Å². The summed E-state index contributed by atoms with van der Waals surface area (Å²) in [5, 5.41) is 7.99. The molecule has 0 bridgehead atoms. The lowest BCUT2D eigenvalue weighted by molar-refractivity contribution is -0.146. The molecule has 0 saturated heterocycles. The van der Waals surface area contributed by atoms with Crippen molar-refractivity contribution in [2.45, 2.75) is 51.5 Å². The average Bonchev–Trinajstić information content (AvgIpc) is 3.52. The van der Waals surface area contributed by atoms with Gasteiger partial charge in [0.1, 0.15) is 13.2 Å². The number of methoxy groups -OCH3 is 1. The Hall–Kier alpha value is -4.41. The molecule has 0 radical (unpaired) electrons. The van der Waals surface area contributed by atoms with Crippen molar-refractivity contribution in [1.82, 2.24) is 16.0 Å². The van der Waals surface area contributed by atoms with Gasteiger partial charge in [0.2, 0.25) is 11.9 Å². The van der Waals surface area contributed by atoms with Crippen LogP contribution in [0.4, 0.5) is 9.59 Å². The van der Waals surface area contributed by atoms with E-state index in [1.807, 2.05) is 60.7 Å². The predicted octanol–water partition coefficient (Wildman–Crippen LogP) is 3.29. The summed E-state index contributed by atoms with van der Waals surface area (Å²) in [7, 11) is 1.34. The maximum atomic E-state index is 12.7. The zero-order valence-corrected chi connectivity index (χ0v) is 22.5. The van der Waals surface area contributed by atoms with Crippen LogP contribution >= 0.6 is 0 Å². The minimum atomic E-state index is -0.824. The van der Waals surface area contributed by atoms with Crippen LogP contribution in [0.15, 0.2) is 65.7 Å². The number of aliphatic imine (C=N–C) groups is 1. The molecule has 212 valence electrons. The minimum absolute atomic E-state index is 0.0154. The molecule has 2 aliphatic rings. The number of fused-ring (bicyclic) bond motifs is 1. The molecule has 0 aliphatic heterocycles. The minimum Gasteiger partial charge on any atom is -0.469 e. The van der Waals surface area contributed by atoms with Crippen molar-refractivity contribution in [3.63, 3.8) is 0 Å². The van der Waals surface area contributed by atoms with Crippen molar-refractivity contribution in [3.05, 3.63) is 71.8 Å². The molecular formula is C29H34N4O7. The molecule has 11 nitrogen and oxygen atoms in total. The fraction of sp³-hybridized carbons (Fsp3) is 0.414. The number of nitrogens with zero attached hydrogens (tertiary/aromatic N) is 1. The quantitative estimate of drug-likeness (QED) is 0.208. The Balaban J connectivity index is 1.52. The number of nitrogens with one attached hydrogen (secondary N) is 3. The summed E-state index contributed by atoms with van der Waals surface area (Å²) in [6.07, 6.45) is 0.0894. The van der Waals surface area contributed by atoms with Crippen molar-refractivity contribution in [3.8, 4) is 0 Å². The van der Waals surface area contributed by atoms with E-state index >= 15 is 0 Å². The highest BCUT2D eigenvalue weighted by Gasteiger charge is 2.53. The van der Waals surface area contributed by atoms with Crippen molar-refractivity contribution in [2.24, 2.45) is 22.7 Å². The highest BCUT2D eigenvalue weighted by atomic mass is 16.6. The van der Waals surface area contributed by atoms with Gasteiger partial charge in [-0.2, -0.15) is 0 Å². The largest absolute Gasteiger partial charge is 0.469 e. The normalized spacial score (nSPS) is 22.8. The van der Waals surface area contributed by atoms with Gasteiger partial charge in [0.15, 0.2) is 0 Å². The Labute approximate surface area is 232 Å². The van der Waals surface area contributed by atoms with Crippen LogP contribution in [0, 0.1) is 17.8 Å². The first-order valence-electron chi connectivity index (χ1n) is 13.2. The Morgan fingerprint density at radius 1 is 0.850 bits per heavy atom. The zero-order chi connectivity index (χ0) is 28.5. The first-order chi connectivity index (χ1) is 19.3. The van der Waals surface area contributed by atoms with Gasteiger partial charge in [-0.05, 0) is 36.3 Å². The molecule has 40 heavy (non-hydrogen) atoms. The molecule has 2 fully saturated rings. The highest BCUT2D eigenvalue weighted by Crippen LogP contribution is 2.49. The fourth-order valence-electron chi connectivity index (χ4n) is 5.63. The summed E-state index contributed by atoms with van der Waals surface area (Å²) < 4.78 is 15.7. The van der Waals surface area contributed by atoms with E-state index in [1.54, 1.807) is 0 Å². The molecule has 2 aromatic rings. The van der Waals surface area contributed by atoms with Gasteiger partial charge in [0.05, 0.1) is 19.1 Å². The zero-order valence-electron chi connectivity index (χ0n) is 22.5. The van der Waals surface area contributed by atoms with Crippen molar-refractivity contribution in [2.75, 3.05) is 7.11 Å². The van der Waals surface area contributed by atoms with Crippen LogP contribution in [0.1, 0.15) is 37.3 Å². The molecule has 0 heterocycles. The molecule has 0 aromatic heterocycles. The summed E-state index contributed by atoms with van der Waals surface area (Å²) >= 11 is 0. The SMILES string of the molecule is COC(=O)[C@H]1C[C@@H](N=C(NC(=O)OCc2ccccc2)NC(=O)OCc2ccccc2)[C@H]2[C@@H]1CC[C@@H]2NC(C)=O. The monoisotopic (exact) mass is 550 g/mol. The van der Waals surface area contributed by atoms with Gasteiger partial charge >= 0.3 is 18.2 Å². The maximum absolute atomic E-state index is 12.7. The van der Waals surface area contributed by atoms with Gasteiger partial charge in [-0.1, -0.05) is 60.7 Å². The van der Waals surface area contributed by atoms with Crippen LogP contribution in [-0.4, -0.2) is 49.2 Å². The lowest BCUT2D eigenvalue weighted by atomic mass is 9.90. The molecule has 0 unspecified atom stereocenters. The number of rotatable bonds is 7. The number of hydrogen-bond acceptors (Lipinski definition) is 8. The van der Waals surface area contributed by atoms with E-state index in [0.29, 0.717) is 12.8 Å². The van der Waals surface area contributed by atoms with E-state index in [4.69, 9.17) is 14.2 Å². The van der Waals surface area contributed by atoms with Crippen LogP contribution in [-0.2, 0) is 37.0 Å². The molecule has 5 atom stereocenters. The molecule has 2 aliphatic carbocycles. The van der Waals surface area contributed by atoms with E-state index in [9.17, 15) is 19.2 Å². The Bertz CT molecular complexity index is 1160. The lowest BCUT2D eigenvalue weighted by Crippen LogP contribution is -2.46. The Morgan fingerprint density at radius 3 is 1.90 bits per heavy atom. The number of ether oxygens (including phenoxy) is 3. The van der Waals surface area contributed by atoms with E-state index < -0.39 is 24.1 Å². The van der Waals surface area contributed by atoms with Crippen molar-refractivity contribution < 1.29 is 33.4 Å². The predicted molar refractivity (Wildman–Crippen MR) is 145 cm³/mol. The number of alkyl carbamates (subject to hydrolysis) is 2. The fourth-order valence-corrected chi connectivity index (χ4v) is 5.63. The van der Waals surface area contributed by atoms with Gasteiger partial charge in [0.25, 0.3) is 0 Å². The summed E-state index contributed by atoms with van der Waals surface area (Å²) in [6.45, 7) is 1.47. The summed E-state index contributed by atoms with van der Waals surface area (Å²) in [6, 6.07) is 17.6. The second kappa shape index (κ2) is 13.6. The summed E-state index contributed by atoms with van der Waals surface area (Å²) in [5.41, 5.74) is 1.57. The highest BCUT2D eigenvalue weighted by molar-refractivity contribution is 6.01. The molecule has 4 rings (SSSR count). The molecule has 3 N–H and O–H groups in total. The number of carbonyl (C=O) groups is 4. The second-order valence-electron chi connectivity index (χ2n) is 9.91. The molecule has 0 spiro atoms. The van der Waals surface area contributed by atoms with Gasteiger partial charge < -0.3 is 19.5 Å². The average molecular weight is 551 g/mol. The smallest absolute Gasteiger partial charge is 0.414 e. The Kier molecular flexibility index (Phi) is 9.71. The molecular weight excluding hydrogens is 516 g/mol. The number of benzene rings is 2. The maximum Gasteiger partial charge on any atom is 0.414 e. The third-order valence-electron chi connectivity index (χ3n) is 7.28. The van der Waals surface area contributed by atoms with Crippen molar-refractivity contribution >= 4 is 30.0 Å². The van der Waals surface area contributed by atoms with E-state index in [1.165, 1.54) is 14.0 Å². The number of hydrogen-bond donors (Lipinski definition) is 3. The summed E-state index contributed by atoms with van der Waals surface area (Å²) in [4.78, 5) is 54.5. The Morgan fingerprint density at radius 2 is 1.40 bits per heavy atom. The summed E-state index contributed by atoms with van der Waals surface area (Å²) in [5.74, 6) is -1.36. The molecule has 3 amide bonds. The van der Waals surface area contributed by atoms with Crippen LogP contribution in [0.25, 0.3) is 0 Å². The number of amides is 3. The third-order valence-corrected chi connectivity index (χ3v) is 7.28.